The molecule has 0 saturated carbocycles. The summed E-state index contributed by atoms with van der Waals surface area (Å²) in [5.41, 5.74) is 3.15. The fourth-order valence-electron chi connectivity index (χ4n) is 3.09. The molecule has 4 rings (SSSR count). The van der Waals surface area contributed by atoms with Crippen molar-refractivity contribution >= 4 is 23.2 Å². The minimum atomic E-state index is -0.570. The van der Waals surface area contributed by atoms with Crippen LogP contribution in [0, 0.1) is 6.92 Å². The van der Waals surface area contributed by atoms with Crippen LogP contribution in [0.2, 0.25) is 0 Å². The average molecular weight is 388 g/mol. The fourth-order valence-corrected chi connectivity index (χ4v) is 3.09. The van der Waals surface area contributed by atoms with Crippen molar-refractivity contribution in [3.05, 3.63) is 77.9 Å². The molecule has 0 saturated heterocycles. The van der Waals surface area contributed by atoms with Crippen molar-refractivity contribution < 1.29 is 14.3 Å². The van der Waals surface area contributed by atoms with E-state index in [1.807, 2.05) is 47.9 Å². The van der Waals surface area contributed by atoms with Gasteiger partial charge in [-0.25, -0.2) is 9.98 Å². The molecule has 0 aliphatic carbocycles. The summed E-state index contributed by atoms with van der Waals surface area (Å²) in [4.78, 5) is 34.8. The number of nitrogens with zero attached hydrogens (tertiary/aromatic N) is 4. The standard InChI is InChI=1S/C22H20N4O3/c1-15-7-9-16(10-8-15)11-26-12-17(23-14-26)21(27)24-18-13-29-20-6-4-3-5-19(20)25(2)22(18)28/h3-10,12,14H,11,13H2,1-2H3. The zero-order chi connectivity index (χ0) is 20.4. The first kappa shape index (κ1) is 18.6. The number of ether oxygens (including phenoxy) is 1. The van der Waals surface area contributed by atoms with Gasteiger partial charge >= 0.3 is 0 Å². The monoisotopic (exact) mass is 388 g/mol. The Morgan fingerprint density at radius 3 is 2.72 bits per heavy atom. The van der Waals surface area contributed by atoms with Gasteiger partial charge in [-0.2, -0.15) is 0 Å². The maximum absolute atomic E-state index is 12.7. The van der Waals surface area contributed by atoms with Crippen LogP contribution in [0.15, 0.2) is 66.0 Å². The highest BCUT2D eigenvalue weighted by atomic mass is 16.5. The number of carbonyl (C=O) groups excluding carboxylic acids is 2. The largest absolute Gasteiger partial charge is 0.485 e. The second-order valence-electron chi connectivity index (χ2n) is 6.90. The van der Waals surface area contributed by atoms with Crippen molar-refractivity contribution in [3.8, 4) is 5.75 Å². The third-order valence-electron chi connectivity index (χ3n) is 4.72. The second kappa shape index (κ2) is 7.71. The Hall–Kier alpha value is -3.74. The number of aryl methyl sites for hydroxylation is 1. The van der Waals surface area contributed by atoms with Gasteiger partial charge in [0.15, 0.2) is 0 Å². The lowest BCUT2D eigenvalue weighted by molar-refractivity contribution is -0.112. The molecular formula is C22H20N4O3. The number of imidazole rings is 1. The van der Waals surface area contributed by atoms with Crippen LogP contribution in [0.1, 0.15) is 21.6 Å². The fraction of sp³-hybridized carbons (Fsp3) is 0.182. The molecule has 2 amide bonds. The molecule has 1 aromatic heterocycles. The molecule has 0 bridgehead atoms. The van der Waals surface area contributed by atoms with Crippen LogP contribution in [0.5, 0.6) is 5.75 Å². The molecule has 0 spiro atoms. The Morgan fingerprint density at radius 2 is 1.93 bits per heavy atom. The maximum atomic E-state index is 12.7. The maximum Gasteiger partial charge on any atom is 0.297 e. The summed E-state index contributed by atoms with van der Waals surface area (Å²) in [5.74, 6) is -0.371. The average Bonchev–Trinajstić information content (AvgIpc) is 3.16. The van der Waals surface area contributed by atoms with Gasteiger partial charge in [-0.15, -0.1) is 0 Å². The smallest absolute Gasteiger partial charge is 0.297 e. The first-order valence-corrected chi connectivity index (χ1v) is 9.20. The number of anilines is 1. The summed E-state index contributed by atoms with van der Waals surface area (Å²) >= 11 is 0. The predicted octanol–water partition coefficient (Wildman–Crippen LogP) is 2.88. The van der Waals surface area contributed by atoms with Crippen molar-refractivity contribution in [3.63, 3.8) is 0 Å². The number of para-hydroxylation sites is 2. The van der Waals surface area contributed by atoms with Gasteiger partial charge in [0.25, 0.3) is 11.8 Å². The minimum absolute atomic E-state index is 0.0433. The van der Waals surface area contributed by atoms with E-state index in [1.165, 1.54) is 10.5 Å². The quantitative estimate of drug-likeness (QED) is 0.691. The molecule has 1 aliphatic rings. The Bertz CT molecular complexity index is 1100. The van der Waals surface area contributed by atoms with Gasteiger partial charge in [-0.05, 0) is 24.6 Å². The van der Waals surface area contributed by atoms with Crippen LogP contribution in [0.4, 0.5) is 5.69 Å². The topological polar surface area (TPSA) is 76.8 Å². The number of carbonyl (C=O) groups is 2. The van der Waals surface area contributed by atoms with E-state index >= 15 is 0 Å². The van der Waals surface area contributed by atoms with Crippen molar-refractivity contribution in [1.29, 1.82) is 0 Å². The van der Waals surface area contributed by atoms with Crippen molar-refractivity contribution in [1.82, 2.24) is 9.55 Å². The van der Waals surface area contributed by atoms with Crippen molar-refractivity contribution in [2.24, 2.45) is 4.99 Å². The highest BCUT2D eigenvalue weighted by Crippen LogP contribution is 2.29. The highest BCUT2D eigenvalue weighted by Gasteiger charge is 2.26. The third-order valence-corrected chi connectivity index (χ3v) is 4.72. The lowest BCUT2D eigenvalue weighted by atomic mass is 10.1. The number of rotatable bonds is 3. The number of amides is 2. The van der Waals surface area contributed by atoms with Gasteiger partial charge in [0, 0.05) is 19.8 Å². The number of benzene rings is 2. The number of hydrogen-bond donors (Lipinski definition) is 0. The molecule has 3 aromatic rings. The van der Waals surface area contributed by atoms with Crippen LogP contribution >= 0.6 is 0 Å². The van der Waals surface area contributed by atoms with E-state index in [4.69, 9.17) is 4.74 Å². The molecule has 0 fully saturated rings. The van der Waals surface area contributed by atoms with E-state index in [9.17, 15) is 9.59 Å². The summed E-state index contributed by atoms with van der Waals surface area (Å²) in [6.45, 7) is 2.55. The summed E-state index contributed by atoms with van der Waals surface area (Å²) in [7, 11) is 1.63. The zero-order valence-electron chi connectivity index (χ0n) is 16.2. The van der Waals surface area contributed by atoms with Gasteiger partial charge < -0.3 is 14.2 Å². The molecular weight excluding hydrogens is 368 g/mol. The molecule has 0 N–H and O–H groups in total. The molecule has 0 atom stereocenters. The third kappa shape index (κ3) is 3.94. The van der Waals surface area contributed by atoms with Crippen molar-refractivity contribution in [2.45, 2.75) is 13.5 Å². The van der Waals surface area contributed by atoms with Crippen LogP contribution in [0.3, 0.4) is 0 Å². The van der Waals surface area contributed by atoms with E-state index < -0.39 is 5.91 Å². The second-order valence-corrected chi connectivity index (χ2v) is 6.90. The van der Waals surface area contributed by atoms with E-state index in [0.717, 1.165) is 5.56 Å². The molecule has 146 valence electrons. The lowest BCUT2D eigenvalue weighted by Crippen LogP contribution is -2.34. The Labute approximate surface area is 168 Å². The van der Waals surface area contributed by atoms with Gasteiger partial charge in [-0.3, -0.25) is 9.59 Å². The highest BCUT2D eigenvalue weighted by molar-refractivity contribution is 6.46. The van der Waals surface area contributed by atoms with Crippen LogP contribution in [-0.2, 0) is 11.3 Å². The summed E-state index contributed by atoms with van der Waals surface area (Å²) in [6.07, 6.45) is 3.22. The first-order valence-electron chi connectivity index (χ1n) is 9.20. The minimum Gasteiger partial charge on any atom is -0.485 e. The summed E-state index contributed by atoms with van der Waals surface area (Å²) in [6, 6.07) is 15.3. The molecule has 2 aromatic carbocycles. The molecule has 2 heterocycles. The van der Waals surface area contributed by atoms with E-state index in [-0.39, 0.29) is 23.9 Å². The van der Waals surface area contributed by atoms with E-state index in [1.54, 1.807) is 31.7 Å². The van der Waals surface area contributed by atoms with Gasteiger partial charge in [0.2, 0.25) is 0 Å². The molecule has 0 unspecified atom stereocenters. The van der Waals surface area contributed by atoms with Crippen LogP contribution in [-0.4, -0.2) is 40.7 Å². The first-order chi connectivity index (χ1) is 14.0. The van der Waals surface area contributed by atoms with Gasteiger partial charge in [0.05, 0.1) is 12.0 Å². The van der Waals surface area contributed by atoms with E-state index in [0.29, 0.717) is 18.0 Å². The normalized spacial score (nSPS) is 15.0. The molecule has 0 radical (unpaired) electrons. The van der Waals surface area contributed by atoms with Crippen LogP contribution in [0.25, 0.3) is 0 Å². The molecule has 29 heavy (non-hydrogen) atoms. The lowest BCUT2D eigenvalue weighted by Gasteiger charge is -2.15. The summed E-state index contributed by atoms with van der Waals surface area (Å²) < 4.78 is 7.47. The van der Waals surface area contributed by atoms with Gasteiger partial charge in [-0.1, -0.05) is 42.0 Å². The summed E-state index contributed by atoms with van der Waals surface area (Å²) in [5, 5.41) is 0. The Kier molecular flexibility index (Phi) is 4.95. The van der Waals surface area contributed by atoms with Crippen LogP contribution < -0.4 is 9.64 Å². The molecule has 7 heteroatoms. The Balaban J connectivity index is 1.51. The number of hydrogen-bond acceptors (Lipinski definition) is 4. The number of aliphatic imine (C=N–C) groups is 1. The zero-order valence-corrected chi connectivity index (χ0v) is 16.2. The number of aromatic nitrogens is 2. The van der Waals surface area contributed by atoms with Gasteiger partial charge in [0.1, 0.15) is 23.8 Å². The SMILES string of the molecule is Cc1ccc(Cn2cnc(C(=O)N=C3COc4ccccc4N(C)C3=O)c2)cc1. The predicted molar refractivity (Wildman–Crippen MR) is 110 cm³/mol. The molecule has 1 aliphatic heterocycles. The Morgan fingerprint density at radius 1 is 1.17 bits per heavy atom. The number of fused-ring (bicyclic) bond motifs is 1. The molecule has 7 nitrogen and oxygen atoms in total. The van der Waals surface area contributed by atoms with Crippen molar-refractivity contribution in [2.75, 3.05) is 18.6 Å². The van der Waals surface area contributed by atoms with E-state index in [2.05, 4.69) is 9.98 Å².